The summed E-state index contributed by atoms with van der Waals surface area (Å²) >= 11 is 1.44. The summed E-state index contributed by atoms with van der Waals surface area (Å²) in [6.45, 7) is 7.61. The Labute approximate surface area is 186 Å². The summed E-state index contributed by atoms with van der Waals surface area (Å²) in [6, 6.07) is 14.3. The van der Waals surface area contributed by atoms with Gasteiger partial charge in [-0.05, 0) is 44.7 Å². The standard InChI is InChI=1S/C25H27N3O2S/c1-15-11-16(2)13-21(12-15)25(9-10-25)23(30)28-24-27-22(14-31-24)20-7-5-19(6-8-20)17(3)26-18(4)29/h5-8,11-14,17H,9-10H2,1-4H3,(H,26,29)(H,27,28,30). The maximum absolute atomic E-state index is 13.1. The Morgan fingerprint density at radius 1 is 1.06 bits per heavy atom. The van der Waals surface area contributed by atoms with Gasteiger partial charge >= 0.3 is 0 Å². The van der Waals surface area contributed by atoms with E-state index in [0.717, 1.165) is 35.2 Å². The number of carbonyl (C=O) groups excluding carboxylic acids is 2. The Hall–Kier alpha value is -2.99. The van der Waals surface area contributed by atoms with E-state index < -0.39 is 5.41 Å². The fourth-order valence-electron chi connectivity index (χ4n) is 4.03. The van der Waals surface area contributed by atoms with E-state index >= 15 is 0 Å². The summed E-state index contributed by atoms with van der Waals surface area (Å²) < 4.78 is 0. The number of benzene rings is 2. The number of aryl methyl sites for hydroxylation is 2. The minimum atomic E-state index is -0.426. The molecule has 0 radical (unpaired) electrons. The lowest BCUT2D eigenvalue weighted by Crippen LogP contribution is -2.28. The quantitative estimate of drug-likeness (QED) is 0.554. The molecule has 1 aromatic heterocycles. The molecule has 31 heavy (non-hydrogen) atoms. The molecule has 1 heterocycles. The van der Waals surface area contributed by atoms with Crippen LogP contribution in [-0.4, -0.2) is 16.8 Å². The molecule has 1 atom stereocenters. The maximum Gasteiger partial charge on any atom is 0.236 e. The van der Waals surface area contributed by atoms with Crippen LogP contribution in [-0.2, 0) is 15.0 Å². The molecule has 6 heteroatoms. The summed E-state index contributed by atoms with van der Waals surface area (Å²) in [6.07, 6.45) is 1.74. The average Bonchev–Trinajstić information content (AvgIpc) is 3.40. The first-order chi connectivity index (χ1) is 14.8. The second-order valence-electron chi connectivity index (χ2n) is 8.49. The van der Waals surface area contributed by atoms with E-state index in [9.17, 15) is 9.59 Å². The van der Waals surface area contributed by atoms with E-state index in [1.165, 1.54) is 29.4 Å². The van der Waals surface area contributed by atoms with Crippen molar-refractivity contribution in [2.24, 2.45) is 0 Å². The van der Waals surface area contributed by atoms with E-state index in [-0.39, 0.29) is 17.9 Å². The van der Waals surface area contributed by atoms with Crippen molar-refractivity contribution in [1.29, 1.82) is 0 Å². The summed E-state index contributed by atoms with van der Waals surface area (Å²) in [5.74, 6) is -0.0244. The number of hydrogen-bond donors (Lipinski definition) is 2. The lowest BCUT2D eigenvalue weighted by Gasteiger charge is -2.16. The summed E-state index contributed by atoms with van der Waals surface area (Å²) in [5, 5.41) is 8.50. The third-order valence-corrected chi connectivity index (χ3v) is 6.57. The zero-order valence-electron chi connectivity index (χ0n) is 18.3. The highest BCUT2D eigenvalue weighted by Gasteiger charge is 2.51. The van der Waals surface area contributed by atoms with Gasteiger partial charge in [-0.3, -0.25) is 9.59 Å². The zero-order chi connectivity index (χ0) is 22.2. The number of nitrogens with zero attached hydrogens (tertiary/aromatic N) is 1. The van der Waals surface area contributed by atoms with Crippen LogP contribution in [0.15, 0.2) is 47.8 Å². The van der Waals surface area contributed by atoms with Crippen LogP contribution in [0, 0.1) is 13.8 Å². The minimum Gasteiger partial charge on any atom is -0.350 e. The Balaban J connectivity index is 1.47. The molecule has 2 N–H and O–H groups in total. The molecule has 2 amide bonds. The summed E-state index contributed by atoms with van der Waals surface area (Å²) in [5.41, 5.74) is 5.88. The molecule has 2 aromatic carbocycles. The number of amides is 2. The Bertz CT molecular complexity index is 1110. The first-order valence-electron chi connectivity index (χ1n) is 10.5. The van der Waals surface area contributed by atoms with Gasteiger partial charge in [-0.25, -0.2) is 4.98 Å². The molecule has 1 aliphatic rings. The molecule has 3 aromatic rings. The Kier molecular flexibility index (Phi) is 5.67. The zero-order valence-corrected chi connectivity index (χ0v) is 19.1. The van der Waals surface area contributed by atoms with Crippen molar-refractivity contribution in [3.63, 3.8) is 0 Å². The molecule has 0 bridgehead atoms. The third kappa shape index (κ3) is 4.54. The predicted molar refractivity (Wildman–Crippen MR) is 125 cm³/mol. The van der Waals surface area contributed by atoms with Gasteiger partial charge in [0.2, 0.25) is 11.8 Å². The van der Waals surface area contributed by atoms with Gasteiger partial charge < -0.3 is 10.6 Å². The first-order valence-corrected chi connectivity index (χ1v) is 11.4. The minimum absolute atomic E-state index is 0.0258. The van der Waals surface area contributed by atoms with Crippen molar-refractivity contribution in [1.82, 2.24) is 10.3 Å². The van der Waals surface area contributed by atoms with Crippen molar-refractivity contribution in [2.45, 2.75) is 52.0 Å². The highest BCUT2D eigenvalue weighted by Crippen LogP contribution is 2.49. The molecule has 5 nitrogen and oxygen atoms in total. The second-order valence-corrected chi connectivity index (χ2v) is 9.35. The number of aromatic nitrogens is 1. The summed E-state index contributed by atoms with van der Waals surface area (Å²) in [7, 11) is 0. The molecule has 1 fully saturated rings. The van der Waals surface area contributed by atoms with Crippen LogP contribution < -0.4 is 10.6 Å². The predicted octanol–water partition coefficient (Wildman–Crippen LogP) is 5.29. The first kappa shape index (κ1) is 21.2. The molecular weight excluding hydrogens is 406 g/mol. The molecular formula is C25H27N3O2S. The molecule has 1 saturated carbocycles. The van der Waals surface area contributed by atoms with Crippen LogP contribution in [0.4, 0.5) is 5.13 Å². The highest BCUT2D eigenvalue weighted by atomic mass is 32.1. The van der Waals surface area contributed by atoms with Crippen LogP contribution in [0.5, 0.6) is 0 Å². The average molecular weight is 434 g/mol. The fraction of sp³-hybridized carbons (Fsp3) is 0.320. The maximum atomic E-state index is 13.1. The van der Waals surface area contributed by atoms with Gasteiger partial charge in [-0.15, -0.1) is 11.3 Å². The number of thiazole rings is 1. The van der Waals surface area contributed by atoms with Gasteiger partial charge in [0, 0.05) is 17.9 Å². The van der Waals surface area contributed by atoms with Crippen LogP contribution in [0.25, 0.3) is 11.3 Å². The number of nitrogens with one attached hydrogen (secondary N) is 2. The molecule has 1 unspecified atom stereocenters. The second kappa shape index (κ2) is 8.27. The Morgan fingerprint density at radius 2 is 1.71 bits per heavy atom. The lowest BCUT2D eigenvalue weighted by atomic mass is 9.92. The van der Waals surface area contributed by atoms with Crippen molar-refractivity contribution in [2.75, 3.05) is 5.32 Å². The molecule has 0 saturated heterocycles. The SMILES string of the molecule is CC(=O)NC(C)c1ccc(-c2csc(NC(=O)C3(c4cc(C)cc(C)c4)CC3)n2)cc1. The number of rotatable bonds is 6. The van der Waals surface area contributed by atoms with Gasteiger partial charge in [0.15, 0.2) is 5.13 Å². The van der Waals surface area contributed by atoms with Gasteiger partial charge in [0.05, 0.1) is 17.2 Å². The van der Waals surface area contributed by atoms with Gasteiger partial charge in [0.1, 0.15) is 0 Å². The normalized spacial score (nSPS) is 15.2. The van der Waals surface area contributed by atoms with Gasteiger partial charge in [-0.1, -0.05) is 53.6 Å². The van der Waals surface area contributed by atoms with Crippen LogP contribution in [0.1, 0.15) is 55.0 Å². The van der Waals surface area contributed by atoms with Gasteiger partial charge in [0.25, 0.3) is 0 Å². The summed E-state index contributed by atoms with van der Waals surface area (Å²) in [4.78, 5) is 29.0. The van der Waals surface area contributed by atoms with E-state index in [1.807, 2.05) is 36.6 Å². The number of hydrogen-bond acceptors (Lipinski definition) is 4. The fourth-order valence-corrected chi connectivity index (χ4v) is 4.75. The number of anilines is 1. The largest absolute Gasteiger partial charge is 0.350 e. The highest BCUT2D eigenvalue weighted by molar-refractivity contribution is 7.14. The molecule has 0 spiro atoms. The van der Waals surface area contributed by atoms with E-state index in [1.54, 1.807) is 0 Å². The van der Waals surface area contributed by atoms with Crippen molar-refractivity contribution < 1.29 is 9.59 Å². The van der Waals surface area contributed by atoms with Crippen molar-refractivity contribution >= 4 is 28.3 Å². The Morgan fingerprint density at radius 3 is 2.29 bits per heavy atom. The van der Waals surface area contributed by atoms with E-state index in [2.05, 4.69) is 47.7 Å². The topological polar surface area (TPSA) is 71.1 Å². The van der Waals surface area contributed by atoms with Crippen LogP contribution in [0.3, 0.4) is 0 Å². The smallest absolute Gasteiger partial charge is 0.236 e. The lowest BCUT2D eigenvalue weighted by molar-refractivity contribution is -0.120. The molecule has 0 aliphatic heterocycles. The van der Waals surface area contributed by atoms with Crippen molar-refractivity contribution in [3.05, 3.63) is 70.1 Å². The van der Waals surface area contributed by atoms with Crippen LogP contribution in [0.2, 0.25) is 0 Å². The van der Waals surface area contributed by atoms with E-state index in [4.69, 9.17) is 0 Å². The monoisotopic (exact) mass is 433 g/mol. The third-order valence-electron chi connectivity index (χ3n) is 5.81. The van der Waals surface area contributed by atoms with Gasteiger partial charge in [-0.2, -0.15) is 0 Å². The molecule has 4 rings (SSSR count). The van der Waals surface area contributed by atoms with Crippen molar-refractivity contribution in [3.8, 4) is 11.3 Å². The van der Waals surface area contributed by atoms with Crippen LogP contribution >= 0.6 is 11.3 Å². The molecule has 160 valence electrons. The van der Waals surface area contributed by atoms with E-state index in [0.29, 0.717) is 5.13 Å². The molecule has 1 aliphatic carbocycles. The number of carbonyl (C=O) groups is 2.